The van der Waals surface area contributed by atoms with Crippen LogP contribution in [0, 0.1) is 0 Å². The molecule has 0 saturated heterocycles. The summed E-state index contributed by atoms with van der Waals surface area (Å²) in [6.07, 6.45) is 7.81. The molecule has 0 saturated carbocycles. The van der Waals surface area contributed by atoms with Crippen molar-refractivity contribution in [3.05, 3.63) is 40.5 Å². The van der Waals surface area contributed by atoms with Crippen molar-refractivity contribution in [3.8, 4) is 5.00 Å². The maximum Gasteiger partial charge on any atom is 0.254 e. The minimum Gasteiger partial charge on any atom is -0.392 e. The average Bonchev–Trinajstić information content (AvgIpc) is 3.11. The number of aliphatic hydroxyl groups excluding tert-OH is 1. The molecule has 0 spiro atoms. The van der Waals surface area contributed by atoms with Crippen molar-refractivity contribution in [1.29, 1.82) is 0 Å². The molecule has 5 heteroatoms. The Bertz CT molecular complexity index is 629. The fourth-order valence-corrected chi connectivity index (χ4v) is 4.12. The van der Waals surface area contributed by atoms with Crippen LogP contribution in [0.3, 0.4) is 0 Å². The normalized spacial score (nSPS) is 15.5. The number of thiophene rings is 1. The number of aryl methyl sites for hydroxylation is 1. The zero-order valence-electron chi connectivity index (χ0n) is 12.1. The molecule has 0 radical (unpaired) electrons. The Hall–Kier alpha value is -1.59. The summed E-state index contributed by atoms with van der Waals surface area (Å²) in [5.41, 5.74) is 2.00. The molecule has 0 aromatic carbocycles. The van der Waals surface area contributed by atoms with Gasteiger partial charge in [-0.1, -0.05) is 0 Å². The molecule has 1 aliphatic rings. The monoisotopic (exact) mass is 304 g/mol. The van der Waals surface area contributed by atoms with Crippen molar-refractivity contribution in [1.82, 2.24) is 9.88 Å². The third-order valence-corrected chi connectivity index (χ3v) is 5.08. The highest BCUT2D eigenvalue weighted by atomic mass is 32.1. The van der Waals surface area contributed by atoms with Gasteiger partial charge in [0.1, 0.15) is 5.00 Å². The lowest BCUT2D eigenvalue weighted by atomic mass is 9.95. The molecule has 4 nitrogen and oxygen atoms in total. The Balaban J connectivity index is 2.00. The predicted octanol–water partition coefficient (Wildman–Crippen LogP) is 2.53. The fraction of sp³-hybridized carbons (Fsp3) is 0.438. The number of rotatable bonds is 4. The molecule has 2 N–H and O–H groups in total. The Morgan fingerprint density at radius 1 is 1.38 bits per heavy atom. The van der Waals surface area contributed by atoms with Crippen molar-refractivity contribution in [3.63, 3.8) is 0 Å². The molecule has 0 bridgehead atoms. The minimum absolute atomic E-state index is 0.0704. The molecular formula is C16H20N2O2S. The molecule has 1 amide bonds. The second-order valence-corrected chi connectivity index (χ2v) is 6.62. The first kappa shape index (κ1) is 14.4. The van der Waals surface area contributed by atoms with Crippen LogP contribution in [0.2, 0.25) is 0 Å². The van der Waals surface area contributed by atoms with Crippen LogP contribution < -0.4 is 5.32 Å². The Morgan fingerprint density at radius 3 is 2.81 bits per heavy atom. The predicted molar refractivity (Wildman–Crippen MR) is 84.3 cm³/mol. The van der Waals surface area contributed by atoms with Gasteiger partial charge in [-0.3, -0.25) is 4.79 Å². The van der Waals surface area contributed by atoms with Crippen LogP contribution >= 0.6 is 11.3 Å². The summed E-state index contributed by atoms with van der Waals surface area (Å²) in [6.45, 7) is 1.96. The number of hydrogen-bond acceptors (Lipinski definition) is 3. The van der Waals surface area contributed by atoms with Gasteiger partial charge >= 0.3 is 0 Å². The van der Waals surface area contributed by atoms with E-state index >= 15 is 0 Å². The number of fused-ring (bicyclic) bond motifs is 1. The number of aromatic nitrogens is 1. The minimum atomic E-state index is -0.529. The molecule has 2 aromatic heterocycles. The van der Waals surface area contributed by atoms with Gasteiger partial charge in [0.15, 0.2) is 0 Å². The standard InChI is InChI=1S/C16H20N2O2S/c1-11(19)10-17-15(20)14-12-6-2-3-7-13(12)21-16(14)18-8-4-5-9-18/h4-5,8-9,11,19H,2-3,6-7,10H2,1H3,(H,17,20)/t11-/m1/s1. The number of nitrogens with zero attached hydrogens (tertiary/aromatic N) is 1. The van der Waals surface area contributed by atoms with Gasteiger partial charge in [0, 0.05) is 23.8 Å². The van der Waals surface area contributed by atoms with E-state index in [-0.39, 0.29) is 12.5 Å². The number of carbonyl (C=O) groups is 1. The number of amides is 1. The smallest absolute Gasteiger partial charge is 0.254 e. The number of hydrogen-bond donors (Lipinski definition) is 2. The maximum absolute atomic E-state index is 12.6. The second-order valence-electron chi connectivity index (χ2n) is 5.54. The first-order valence-corrected chi connectivity index (χ1v) is 8.22. The summed E-state index contributed by atoms with van der Waals surface area (Å²) < 4.78 is 2.01. The van der Waals surface area contributed by atoms with E-state index < -0.39 is 6.10 Å². The van der Waals surface area contributed by atoms with Crippen molar-refractivity contribution < 1.29 is 9.90 Å². The lowest BCUT2D eigenvalue weighted by molar-refractivity contribution is 0.0923. The van der Waals surface area contributed by atoms with E-state index in [0.29, 0.717) is 0 Å². The van der Waals surface area contributed by atoms with Gasteiger partial charge in [0.2, 0.25) is 0 Å². The number of carbonyl (C=O) groups excluding carboxylic acids is 1. The lowest BCUT2D eigenvalue weighted by Gasteiger charge is -2.13. The van der Waals surface area contributed by atoms with Gasteiger partial charge in [0.05, 0.1) is 11.7 Å². The van der Waals surface area contributed by atoms with Gasteiger partial charge in [-0.15, -0.1) is 11.3 Å². The molecule has 1 aliphatic carbocycles. The molecule has 1 atom stereocenters. The van der Waals surface area contributed by atoms with Gasteiger partial charge in [0.25, 0.3) is 5.91 Å². The lowest BCUT2D eigenvalue weighted by Crippen LogP contribution is -2.31. The van der Waals surface area contributed by atoms with E-state index in [9.17, 15) is 9.90 Å². The molecule has 112 valence electrons. The van der Waals surface area contributed by atoms with Crippen molar-refractivity contribution >= 4 is 17.2 Å². The third kappa shape index (κ3) is 2.89. The SMILES string of the molecule is C[C@@H](O)CNC(=O)c1c(-n2cccc2)sc2c1CCCC2. The molecule has 2 heterocycles. The van der Waals surface area contributed by atoms with Crippen LogP contribution in [-0.2, 0) is 12.8 Å². The Kier molecular flexibility index (Phi) is 4.12. The van der Waals surface area contributed by atoms with Crippen LogP contribution in [0.4, 0.5) is 0 Å². The van der Waals surface area contributed by atoms with Gasteiger partial charge in [-0.2, -0.15) is 0 Å². The van der Waals surface area contributed by atoms with Gasteiger partial charge in [-0.05, 0) is 50.3 Å². The molecule has 3 rings (SSSR count). The molecule has 0 fully saturated rings. The van der Waals surface area contributed by atoms with Crippen molar-refractivity contribution in [2.24, 2.45) is 0 Å². The van der Waals surface area contributed by atoms with Crippen molar-refractivity contribution in [2.75, 3.05) is 6.54 Å². The largest absolute Gasteiger partial charge is 0.392 e. The highest BCUT2D eigenvalue weighted by molar-refractivity contribution is 7.15. The summed E-state index contributed by atoms with van der Waals surface area (Å²) in [5.74, 6) is -0.0704. The van der Waals surface area contributed by atoms with Crippen LogP contribution in [0.5, 0.6) is 0 Å². The number of aliphatic hydroxyl groups is 1. The topological polar surface area (TPSA) is 54.3 Å². The van der Waals surface area contributed by atoms with E-state index in [2.05, 4.69) is 5.32 Å². The first-order chi connectivity index (χ1) is 10.2. The molecular weight excluding hydrogens is 284 g/mol. The summed E-state index contributed by atoms with van der Waals surface area (Å²) in [6, 6.07) is 3.94. The zero-order valence-corrected chi connectivity index (χ0v) is 12.9. The molecule has 0 aliphatic heterocycles. The quantitative estimate of drug-likeness (QED) is 0.912. The van der Waals surface area contributed by atoms with Gasteiger partial charge in [-0.25, -0.2) is 0 Å². The van der Waals surface area contributed by atoms with Crippen LogP contribution in [0.25, 0.3) is 5.00 Å². The maximum atomic E-state index is 12.6. The highest BCUT2D eigenvalue weighted by Crippen LogP contribution is 2.36. The Labute approximate surface area is 128 Å². The second kappa shape index (κ2) is 6.03. The summed E-state index contributed by atoms with van der Waals surface area (Å²) >= 11 is 1.72. The molecule has 2 aromatic rings. The zero-order chi connectivity index (χ0) is 14.8. The van der Waals surface area contributed by atoms with E-state index in [1.54, 1.807) is 18.3 Å². The average molecular weight is 304 g/mol. The molecule has 0 unspecified atom stereocenters. The first-order valence-electron chi connectivity index (χ1n) is 7.41. The number of nitrogens with one attached hydrogen (secondary N) is 1. The highest BCUT2D eigenvalue weighted by Gasteiger charge is 2.25. The van der Waals surface area contributed by atoms with Crippen LogP contribution in [0.1, 0.15) is 40.6 Å². The summed E-state index contributed by atoms with van der Waals surface area (Å²) in [5, 5.41) is 13.2. The van der Waals surface area contributed by atoms with E-state index in [1.807, 2.05) is 29.1 Å². The fourth-order valence-electron chi connectivity index (χ4n) is 2.77. The molecule has 21 heavy (non-hydrogen) atoms. The van der Waals surface area contributed by atoms with E-state index in [4.69, 9.17) is 0 Å². The van der Waals surface area contributed by atoms with E-state index in [1.165, 1.54) is 16.9 Å². The summed E-state index contributed by atoms with van der Waals surface area (Å²) in [4.78, 5) is 13.9. The van der Waals surface area contributed by atoms with Crippen molar-refractivity contribution in [2.45, 2.75) is 38.7 Å². The van der Waals surface area contributed by atoms with Crippen LogP contribution in [-0.4, -0.2) is 28.2 Å². The summed E-state index contributed by atoms with van der Waals surface area (Å²) in [7, 11) is 0. The van der Waals surface area contributed by atoms with Crippen LogP contribution in [0.15, 0.2) is 24.5 Å². The third-order valence-electron chi connectivity index (χ3n) is 3.78. The van der Waals surface area contributed by atoms with Gasteiger partial charge < -0.3 is 15.0 Å². The Morgan fingerprint density at radius 2 is 2.10 bits per heavy atom. The van der Waals surface area contributed by atoms with E-state index in [0.717, 1.165) is 29.8 Å².